The Labute approximate surface area is 192 Å². The van der Waals surface area contributed by atoms with E-state index in [-0.39, 0.29) is 17.6 Å². The Kier molecular flexibility index (Phi) is 7.42. The number of piperidine rings is 1. The second kappa shape index (κ2) is 10.6. The first kappa shape index (κ1) is 23.0. The first-order chi connectivity index (χ1) is 16.0. The molecule has 2 fully saturated rings. The second-order valence-electron chi connectivity index (χ2n) is 8.60. The van der Waals surface area contributed by atoms with Crippen molar-refractivity contribution in [3.8, 4) is 5.75 Å². The Balaban J connectivity index is 1.35. The van der Waals surface area contributed by atoms with Crippen molar-refractivity contribution < 1.29 is 23.1 Å². The molecule has 2 heterocycles. The maximum absolute atomic E-state index is 13.2. The molecule has 4 rings (SSSR count). The first-order valence-corrected chi connectivity index (χ1v) is 11.5. The maximum atomic E-state index is 13.2. The molecule has 2 aromatic rings. The summed E-state index contributed by atoms with van der Waals surface area (Å²) in [5, 5.41) is 3.20. The van der Waals surface area contributed by atoms with Crippen LogP contribution in [0.3, 0.4) is 0 Å². The van der Waals surface area contributed by atoms with Crippen LogP contribution in [0, 0.1) is 5.92 Å². The highest BCUT2D eigenvalue weighted by atomic mass is 19.3. The maximum Gasteiger partial charge on any atom is 0.387 e. The summed E-state index contributed by atoms with van der Waals surface area (Å²) < 4.78 is 29.1. The number of rotatable bonds is 7. The monoisotopic (exact) mass is 457 g/mol. The molecular formula is C25H29F2N3O3. The van der Waals surface area contributed by atoms with Crippen molar-refractivity contribution in [2.24, 2.45) is 5.92 Å². The van der Waals surface area contributed by atoms with Crippen molar-refractivity contribution in [2.75, 3.05) is 31.5 Å². The minimum atomic E-state index is -2.87. The molecule has 0 spiro atoms. The van der Waals surface area contributed by atoms with Crippen LogP contribution in [0.15, 0.2) is 48.5 Å². The van der Waals surface area contributed by atoms with Crippen LogP contribution < -0.4 is 10.1 Å². The number of hydrogen-bond acceptors (Lipinski definition) is 4. The van der Waals surface area contributed by atoms with Gasteiger partial charge < -0.3 is 19.9 Å². The first-order valence-electron chi connectivity index (χ1n) is 11.5. The van der Waals surface area contributed by atoms with E-state index in [4.69, 9.17) is 0 Å². The number of anilines is 2. The number of likely N-dealkylation sites (tertiary alicyclic amines) is 2. The lowest BCUT2D eigenvalue weighted by Crippen LogP contribution is -2.40. The number of hydrogen-bond donors (Lipinski definition) is 1. The molecule has 6 nitrogen and oxygen atoms in total. The van der Waals surface area contributed by atoms with E-state index < -0.39 is 6.61 Å². The zero-order chi connectivity index (χ0) is 23.2. The van der Waals surface area contributed by atoms with Crippen molar-refractivity contribution >= 4 is 23.2 Å². The Morgan fingerprint density at radius 3 is 2.27 bits per heavy atom. The fourth-order valence-corrected chi connectivity index (χ4v) is 4.51. The zero-order valence-corrected chi connectivity index (χ0v) is 18.5. The number of amides is 2. The number of benzene rings is 2. The van der Waals surface area contributed by atoms with Gasteiger partial charge in [0, 0.05) is 38.3 Å². The van der Waals surface area contributed by atoms with Crippen LogP contribution in [0.2, 0.25) is 0 Å². The SMILES string of the molecule is O=C(CC1CCN(C(=O)c2ccccc2Nc2ccc(OC(F)F)cc2)CC1)N1CCCC1. The lowest BCUT2D eigenvalue weighted by Gasteiger charge is -2.33. The van der Waals surface area contributed by atoms with E-state index in [0.717, 1.165) is 38.8 Å². The van der Waals surface area contributed by atoms with Gasteiger partial charge in [-0.15, -0.1) is 0 Å². The molecule has 0 aliphatic carbocycles. The normalized spacial score (nSPS) is 16.8. The summed E-state index contributed by atoms with van der Waals surface area (Å²) in [6.07, 6.45) is 4.42. The highest BCUT2D eigenvalue weighted by Crippen LogP contribution is 2.27. The van der Waals surface area contributed by atoms with E-state index in [0.29, 0.717) is 42.4 Å². The van der Waals surface area contributed by atoms with E-state index in [1.165, 1.54) is 12.1 Å². The zero-order valence-electron chi connectivity index (χ0n) is 18.5. The molecule has 0 aromatic heterocycles. The summed E-state index contributed by atoms with van der Waals surface area (Å²) in [6, 6.07) is 13.4. The molecule has 2 amide bonds. The van der Waals surface area contributed by atoms with Crippen molar-refractivity contribution in [3.05, 3.63) is 54.1 Å². The third-order valence-corrected chi connectivity index (χ3v) is 6.34. The number of halogens is 2. The summed E-state index contributed by atoms with van der Waals surface area (Å²) in [4.78, 5) is 29.5. The minimum Gasteiger partial charge on any atom is -0.435 e. The smallest absolute Gasteiger partial charge is 0.387 e. The van der Waals surface area contributed by atoms with Crippen LogP contribution in [0.1, 0.15) is 42.5 Å². The molecule has 176 valence electrons. The van der Waals surface area contributed by atoms with Gasteiger partial charge in [-0.05, 0) is 68.0 Å². The fourth-order valence-electron chi connectivity index (χ4n) is 4.51. The van der Waals surface area contributed by atoms with Gasteiger partial charge in [-0.25, -0.2) is 0 Å². The van der Waals surface area contributed by atoms with Crippen LogP contribution >= 0.6 is 0 Å². The third-order valence-electron chi connectivity index (χ3n) is 6.34. The van der Waals surface area contributed by atoms with Crippen LogP contribution in [0.5, 0.6) is 5.75 Å². The van der Waals surface area contributed by atoms with Gasteiger partial charge in [0.2, 0.25) is 5.91 Å². The number of nitrogens with zero attached hydrogens (tertiary/aromatic N) is 2. The van der Waals surface area contributed by atoms with Crippen LogP contribution in [0.4, 0.5) is 20.2 Å². The molecule has 0 radical (unpaired) electrons. The number of nitrogens with one attached hydrogen (secondary N) is 1. The van der Waals surface area contributed by atoms with Gasteiger partial charge in [0.25, 0.3) is 5.91 Å². The molecular weight excluding hydrogens is 428 g/mol. The Hall–Kier alpha value is -3.16. The van der Waals surface area contributed by atoms with Gasteiger partial charge in [-0.2, -0.15) is 8.78 Å². The molecule has 33 heavy (non-hydrogen) atoms. The van der Waals surface area contributed by atoms with Crippen molar-refractivity contribution in [3.63, 3.8) is 0 Å². The summed E-state index contributed by atoms with van der Waals surface area (Å²) in [5.74, 6) is 0.590. The van der Waals surface area contributed by atoms with Gasteiger partial charge in [0.05, 0.1) is 11.3 Å². The lowest BCUT2D eigenvalue weighted by atomic mass is 9.92. The second-order valence-corrected chi connectivity index (χ2v) is 8.60. The number of alkyl halides is 2. The number of carbonyl (C=O) groups is 2. The number of ether oxygens (including phenoxy) is 1. The Morgan fingerprint density at radius 2 is 1.61 bits per heavy atom. The van der Waals surface area contributed by atoms with E-state index in [1.54, 1.807) is 18.2 Å². The van der Waals surface area contributed by atoms with Crippen molar-refractivity contribution in [1.82, 2.24) is 9.80 Å². The molecule has 8 heteroatoms. The molecule has 0 bridgehead atoms. The molecule has 0 unspecified atom stereocenters. The molecule has 2 aliphatic heterocycles. The molecule has 0 saturated carbocycles. The molecule has 0 atom stereocenters. The summed E-state index contributed by atoms with van der Waals surface area (Å²) >= 11 is 0. The van der Waals surface area contributed by atoms with Crippen LogP contribution in [0.25, 0.3) is 0 Å². The molecule has 2 aromatic carbocycles. The summed E-state index contributed by atoms with van der Waals surface area (Å²) in [5.41, 5.74) is 1.87. The van der Waals surface area contributed by atoms with Crippen molar-refractivity contribution in [1.29, 1.82) is 0 Å². The fraction of sp³-hybridized carbons (Fsp3) is 0.440. The lowest BCUT2D eigenvalue weighted by molar-refractivity contribution is -0.131. The van der Waals surface area contributed by atoms with E-state index in [9.17, 15) is 18.4 Å². The average Bonchev–Trinajstić information content (AvgIpc) is 3.36. The largest absolute Gasteiger partial charge is 0.435 e. The van der Waals surface area contributed by atoms with Gasteiger partial charge in [0.15, 0.2) is 0 Å². The number of carbonyl (C=O) groups excluding carboxylic acids is 2. The third kappa shape index (κ3) is 6.00. The predicted octanol–water partition coefficient (Wildman–Crippen LogP) is 4.90. The standard InChI is InChI=1S/C25H29F2N3O3/c26-25(27)33-20-9-7-19(8-10-20)28-22-6-2-1-5-21(22)24(32)30-15-11-18(12-16-30)17-23(31)29-13-3-4-14-29/h1-2,5-10,18,25,28H,3-4,11-17H2. The van der Waals surface area contributed by atoms with Gasteiger partial charge in [-0.3, -0.25) is 9.59 Å². The molecule has 1 N–H and O–H groups in total. The van der Waals surface area contributed by atoms with Gasteiger partial charge in [-0.1, -0.05) is 12.1 Å². The topological polar surface area (TPSA) is 61.9 Å². The average molecular weight is 458 g/mol. The van der Waals surface area contributed by atoms with E-state index in [1.807, 2.05) is 28.0 Å². The quantitative estimate of drug-likeness (QED) is 0.643. The van der Waals surface area contributed by atoms with Gasteiger partial charge in [0.1, 0.15) is 5.75 Å². The Morgan fingerprint density at radius 1 is 0.939 bits per heavy atom. The highest BCUT2D eigenvalue weighted by Gasteiger charge is 2.28. The summed E-state index contributed by atoms with van der Waals surface area (Å²) in [6.45, 7) is 0.143. The van der Waals surface area contributed by atoms with Gasteiger partial charge >= 0.3 is 6.61 Å². The van der Waals surface area contributed by atoms with Crippen LogP contribution in [-0.2, 0) is 4.79 Å². The molecule has 2 aliphatic rings. The number of para-hydroxylation sites is 1. The molecule has 2 saturated heterocycles. The van der Waals surface area contributed by atoms with E-state index >= 15 is 0 Å². The highest BCUT2D eigenvalue weighted by molar-refractivity contribution is 6.00. The Bertz CT molecular complexity index is 954. The minimum absolute atomic E-state index is 0.0555. The van der Waals surface area contributed by atoms with Crippen LogP contribution in [-0.4, -0.2) is 54.4 Å². The predicted molar refractivity (Wildman–Crippen MR) is 122 cm³/mol. The van der Waals surface area contributed by atoms with Crippen molar-refractivity contribution in [2.45, 2.75) is 38.7 Å². The summed E-state index contributed by atoms with van der Waals surface area (Å²) in [7, 11) is 0. The van der Waals surface area contributed by atoms with E-state index in [2.05, 4.69) is 10.1 Å².